The summed E-state index contributed by atoms with van der Waals surface area (Å²) in [6.07, 6.45) is 5.29. The average molecular weight is 403 g/mol. The fraction of sp³-hybridized carbons (Fsp3) is 0.0870. The number of rotatable bonds is 5. The van der Waals surface area contributed by atoms with Gasteiger partial charge in [0, 0.05) is 48.3 Å². The van der Waals surface area contributed by atoms with E-state index in [9.17, 15) is 4.79 Å². The van der Waals surface area contributed by atoms with Crippen LogP contribution in [0.5, 0.6) is 0 Å². The molecule has 2 aromatic carbocycles. The zero-order chi connectivity index (χ0) is 20.2. The molecule has 0 atom stereocenters. The highest BCUT2D eigenvalue weighted by Crippen LogP contribution is 2.23. The number of benzene rings is 2. The van der Waals surface area contributed by atoms with Crippen LogP contribution in [0.3, 0.4) is 0 Å². The van der Waals surface area contributed by atoms with Crippen LogP contribution in [0.15, 0.2) is 79.3 Å². The normalized spacial score (nSPS) is 10.7. The van der Waals surface area contributed by atoms with E-state index in [-0.39, 0.29) is 5.91 Å². The van der Waals surface area contributed by atoms with Gasteiger partial charge >= 0.3 is 0 Å². The maximum atomic E-state index is 12.5. The first kappa shape index (κ1) is 18.9. The van der Waals surface area contributed by atoms with Gasteiger partial charge < -0.3 is 5.32 Å². The molecule has 144 valence electrons. The highest BCUT2D eigenvalue weighted by atomic mass is 35.5. The van der Waals surface area contributed by atoms with Crippen molar-refractivity contribution in [2.24, 2.45) is 7.05 Å². The SMILES string of the molecule is Cn1nccc1-c1cncc(CNC(=O)c2ccc(-c3cccc(Cl)c3)cc2)c1. The van der Waals surface area contributed by atoms with Crippen LogP contribution < -0.4 is 5.32 Å². The van der Waals surface area contributed by atoms with E-state index in [1.807, 2.05) is 67.7 Å². The van der Waals surface area contributed by atoms with Gasteiger partial charge in [0.05, 0.1) is 5.69 Å². The zero-order valence-electron chi connectivity index (χ0n) is 15.8. The molecule has 5 nitrogen and oxygen atoms in total. The van der Waals surface area contributed by atoms with E-state index in [4.69, 9.17) is 11.6 Å². The lowest BCUT2D eigenvalue weighted by Crippen LogP contribution is -2.22. The van der Waals surface area contributed by atoms with Gasteiger partial charge in [0.25, 0.3) is 5.91 Å². The van der Waals surface area contributed by atoms with Crippen molar-refractivity contribution in [3.05, 3.63) is 95.4 Å². The first-order valence-corrected chi connectivity index (χ1v) is 9.54. The van der Waals surface area contributed by atoms with Crippen molar-refractivity contribution in [2.75, 3.05) is 0 Å². The summed E-state index contributed by atoms with van der Waals surface area (Å²) in [4.78, 5) is 16.8. The summed E-state index contributed by atoms with van der Waals surface area (Å²) in [5.74, 6) is -0.131. The highest BCUT2D eigenvalue weighted by molar-refractivity contribution is 6.30. The van der Waals surface area contributed by atoms with E-state index >= 15 is 0 Å². The molecule has 4 rings (SSSR count). The van der Waals surface area contributed by atoms with Crippen molar-refractivity contribution in [1.29, 1.82) is 0 Å². The number of nitrogens with zero attached hydrogens (tertiary/aromatic N) is 3. The standard InChI is InChI=1S/C23H19ClN4O/c1-28-22(9-10-27-28)20-11-16(13-25-15-20)14-26-23(29)18-7-5-17(6-8-18)19-3-2-4-21(24)12-19/h2-13,15H,14H2,1H3,(H,26,29). The summed E-state index contributed by atoms with van der Waals surface area (Å²) in [6.45, 7) is 0.396. The largest absolute Gasteiger partial charge is 0.348 e. The van der Waals surface area contributed by atoms with E-state index < -0.39 is 0 Å². The predicted molar refractivity (Wildman–Crippen MR) is 114 cm³/mol. The molecule has 0 fully saturated rings. The lowest BCUT2D eigenvalue weighted by Gasteiger charge is -2.08. The van der Waals surface area contributed by atoms with Gasteiger partial charge in [-0.3, -0.25) is 14.5 Å². The molecule has 1 amide bonds. The van der Waals surface area contributed by atoms with Gasteiger partial charge in [-0.2, -0.15) is 5.10 Å². The molecular formula is C23H19ClN4O. The Kier molecular flexibility index (Phi) is 5.40. The average Bonchev–Trinajstić information content (AvgIpc) is 3.18. The monoisotopic (exact) mass is 402 g/mol. The number of hydrogen-bond donors (Lipinski definition) is 1. The Morgan fingerprint density at radius 2 is 1.83 bits per heavy atom. The number of pyridine rings is 1. The summed E-state index contributed by atoms with van der Waals surface area (Å²) < 4.78 is 1.79. The Labute approximate surface area is 174 Å². The van der Waals surface area contributed by atoms with Crippen LogP contribution in [-0.2, 0) is 13.6 Å². The highest BCUT2D eigenvalue weighted by Gasteiger charge is 2.08. The van der Waals surface area contributed by atoms with Crippen LogP contribution in [0.25, 0.3) is 22.4 Å². The van der Waals surface area contributed by atoms with Crippen molar-refractivity contribution >= 4 is 17.5 Å². The van der Waals surface area contributed by atoms with E-state index in [1.54, 1.807) is 23.3 Å². The van der Waals surface area contributed by atoms with Crippen LogP contribution in [0.4, 0.5) is 0 Å². The second-order valence-electron chi connectivity index (χ2n) is 6.69. The Balaban J connectivity index is 1.43. The molecular weight excluding hydrogens is 384 g/mol. The van der Waals surface area contributed by atoms with Gasteiger partial charge in [0.15, 0.2) is 0 Å². The lowest BCUT2D eigenvalue weighted by atomic mass is 10.0. The van der Waals surface area contributed by atoms with Crippen LogP contribution in [-0.4, -0.2) is 20.7 Å². The van der Waals surface area contributed by atoms with E-state index in [1.165, 1.54) is 0 Å². The lowest BCUT2D eigenvalue weighted by molar-refractivity contribution is 0.0951. The summed E-state index contributed by atoms with van der Waals surface area (Å²) >= 11 is 6.05. The third kappa shape index (κ3) is 4.36. The molecule has 0 bridgehead atoms. The quantitative estimate of drug-likeness (QED) is 0.524. The molecule has 0 radical (unpaired) electrons. The minimum atomic E-state index is -0.131. The molecule has 2 heterocycles. The second-order valence-corrected chi connectivity index (χ2v) is 7.13. The van der Waals surface area contributed by atoms with Gasteiger partial charge in [-0.15, -0.1) is 0 Å². The first-order chi connectivity index (χ1) is 14.1. The minimum absolute atomic E-state index is 0.131. The molecule has 0 saturated carbocycles. The third-order valence-corrected chi connectivity index (χ3v) is 4.90. The summed E-state index contributed by atoms with van der Waals surface area (Å²) in [6, 6.07) is 19.1. The molecule has 0 saturated heterocycles. The number of amides is 1. The van der Waals surface area contributed by atoms with Crippen molar-refractivity contribution in [2.45, 2.75) is 6.54 Å². The van der Waals surface area contributed by atoms with E-state index in [0.29, 0.717) is 17.1 Å². The Morgan fingerprint density at radius 1 is 1.00 bits per heavy atom. The summed E-state index contributed by atoms with van der Waals surface area (Å²) in [7, 11) is 1.89. The molecule has 0 aliphatic rings. The van der Waals surface area contributed by atoms with Gasteiger partial charge in [-0.25, -0.2) is 0 Å². The molecule has 0 spiro atoms. The molecule has 29 heavy (non-hydrogen) atoms. The molecule has 2 aromatic heterocycles. The number of carbonyl (C=O) groups excluding carboxylic acids is 1. The van der Waals surface area contributed by atoms with Crippen molar-refractivity contribution in [1.82, 2.24) is 20.1 Å². The molecule has 1 N–H and O–H groups in total. The summed E-state index contributed by atoms with van der Waals surface area (Å²) in [5.41, 5.74) is 5.49. The molecule has 0 aliphatic heterocycles. The number of nitrogens with one attached hydrogen (secondary N) is 1. The fourth-order valence-electron chi connectivity index (χ4n) is 3.15. The molecule has 6 heteroatoms. The van der Waals surface area contributed by atoms with E-state index in [0.717, 1.165) is 27.9 Å². The van der Waals surface area contributed by atoms with Gasteiger partial charge in [0.1, 0.15) is 0 Å². The van der Waals surface area contributed by atoms with Crippen LogP contribution >= 0.6 is 11.6 Å². The van der Waals surface area contributed by atoms with Gasteiger partial charge in [0.2, 0.25) is 0 Å². The van der Waals surface area contributed by atoms with Gasteiger partial charge in [-0.1, -0.05) is 35.9 Å². The van der Waals surface area contributed by atoms with Crippen molar-refractivity contribution < 1.29 is 4.79 Å². The smallest absolute Gasteiger partial charge is 0.251 e. The van der Waals surface area contributed by atoms with Gasteiger partial charge in [-0.05, 0) is 53.1 Å². The molecule has 0 aliphatic carbocycles. The van der Waals surface area contributed by atoms with E-state index in [2.05, 4.69) is 15.4 Å². The Bertz CT molecular complexity index is 1150. The molecule has 0 unspecified atom stereocenters. The number of hydrogen-bond acceptors (Lipinski definition) is 3. The minimum Gasteiger partial charge on any atom is -0.348 e. The maximum Gasteiger partial charge on any atom is 0.251 e. The zero-order valence-corrected chi connectivity index (χ0v) is 16.6. The first-order valence-electron chi connectivity index (χ1n) is 9.17. The predicted octanol–water partition coefficient (Wildman–Crippen LogP) is 4.73. The van der Waals surface area contributed by atoms with Crippen LogP contribution in [0.1, 0.15) is 15.9 Å². The maximum absolute atomic E-state index is 12.5. The third-order valence-electron chi connectivity index (χ3n) is 4.67. The summed E-state index contributed by atoms with van der Waals surface area (Å²) in [5, 5.41) is 7.82. The fourth-order valence-corrected chi connectivity index (χ4v) is 3.34. The Hall–Kier alpha value is -3.44. The van der Waals surface area contributed by atoms with Crippen LogP contribution in [0.2, 0.25) is 5.02 Å². The number of aryl methyl sites for hydroxylation is 1. The Morgan fingerprint density at radius 3 is 2.55 bits per heavy atom. The molecule has 4 aromatic rings. The van der Waals surface area contributed by atoms with Crippen molar-refractivity contribution in [3.8, 4) is 22.4 Å². The number of carbonyl (C=O) groups is 1. The van der Waals surface area contributed by atoms with Crippen LogP contribution in [0, 0.1) is 0 Å². The number of halogens is 1. The van der Waals surface area contributed by atoms with Crippen molar-refractivity contribution in [3.63, 3.8) is 0 Å². The topological polar surface area (TPSA) is 59.8 Å². The second kappa shape index (κ2) is 8.29. The number of aromatic nitrogens is 3.